The van der Waals surface area contributed by atoms with Gasteiger partial charge in [0.1, 0.15) is 10.7 Å². The number of piperidine rings is 1. The molecule has 1 unspecified atom stereocenters. The zero-order chi connectivity index (χ0) is 14.0. The zero-order valence-corrected chi connectivity index (χ0v) is 11.5. The third-order valence-corrected chi connectivity index (χ3v) is 4.23. The van der Waals surface area contributed by atoms with Crippen molar-refractivity contribution < 1.29 is 14.7 Å². The number of carbonyl (C=O) groups excluding carboxylic acids is 1. The summed E-state index contributed by atoms with van der Waals surface area (Å²) in [6, 6.07) is -0.195. The number of aromatic nitrogens is 1. The minimum absolute atomic E-state index is 0.195. The molecule has 6 nitrogen and oxygen atoms in total. The van der Waals surface area contributed by atoms with Crippen LogP contribution < -0.4 is 5.73 Å². The molecule has 104 valence electrons. The number of likely N-dealkylation sites (tertiary alicyclic amines) is 1. The molecule has 1 amide bonds. The van der Waals surface area contributed by atoms with Crippen LogP contribution in [0.2, 0.25) is 0 Å². The number of nitrogens with zero attached hydrogens (tertiary/aromatic N) is 2. The molecular formula is C12H17N3O3S. The highest BCUT2D eigenvalue weighted by atomic mass is 32.1. The van der Waals surface area contributed by atoms with Crippen molar-refractivity contribution in [2.24, 2.45) is 11.7 Å². The lowest BCUT2D eigenvalue weighted by atomic mass is 9.98. The van der Waals surface area contributed by atoms with E-state index in [9.17, 15) is 9.59 Å². The molecule has 19 heavy (non-hydrogen) atoms. The fourth-order valence-corrected chi connectivity index (χ4v) is 2.87. The van der Waals surface area contributed by atoms with Crippen LogP contribution in [0.4, 0.5) is 0 Å². The lowest BCUT2D eigenvalue weighted by molar-refractivity contribution is -0.143. The molecule has 0 bridgehead atoms. The number of aliphatic carboxylic acids is 1. The molecule has 1 aliphatic rings. The largest absolute Gasteiger partial charge is 0.481 e. The maximum Gasteiger partial charge on any atom is 0.308 e. The van der Waals surface area contributed by atoms with Crippen LogP contribution >= 0.6 is 11.3 Å². The average molecular weight is 283 g/mol. The van der Waals surface area contributed by atoms with Gasteiger partial charge in [0.25, 0.3) is 5.91 Å². The Labute approximate surface area is 115 Å². The topological polar surface area (TPSA) is 96.5 Å². The van der Waals surface area contributed by atoms with Crippen molar-refractivity contribution >= 4 is 23.2 Å². The summed E-state index contributed by atoms with van der Waals surface area (Å²) in [5.41, 5.74) is 6.08. The second-order valence-corrected chi connectivity index (χ2v) is 5.68. The highest BCUT2D eigenvalue weighted by Crippen LogP contribution is 2.21. The molecule has 0 radical (unpaired) electrons. The van der Waals surface area contributed by atoms with Gasteiger partial charge in [0.05, 0.1) is 12.0 Å². The number of thiazole rings is 1. The Morgan fingerprint density at radius 1 is 1.63 bits per heavy atom. The first-order valence-electron chi connectivity index (χ1n) is 6.22. The fraction of sp³-hybridized carbons (Fsp3) is 0.583. The molecule has 1 aromatic heterocycles. The van der Waals surface area contributed by atoms with Crippen molar-refractivity contribution in [3.05, 3.63) is 16.1 Å². The lowest BCUT2D eigenvalue weighted by Gasteiger charge is -2.30. The van der Waals surface area contributed by atoms with E-state index in [1.165, 1.54) is 11.3 Å². The van der Waals surface area contributed by atoms with Crippen LogP contribution in [0.3, 0.4) is 0 Å². The third-order valence-electron chi connectivity index (χ3n) is 3.19. The third kappa shape index (κ3) is 3.10. The predicted octanol–water partition coefficient (Wildman–Crippen LogP) is 1.10. The van der Waals surface area contributed by atoms with Gasteiger partial charge < -0.3 is 15.7 Å². The van der Waals surface area contributed by atoms with Crippen molar-refractivity contribution in [1.29, 1.82) is 0 Å². The van der Waals surface area contributed by atoms with Crippen molar-refractivity contribution in [1.82, 2.24) is 9.88 Å². The Kier molecular flexibility index (Phi) is 4.16. The summed E-state index contributed by atoms with van der Waals surface area (Å²) >= 11 is 1.36. The Morgan fingerprint density at radius 2 is 2.37 bits per heavy atom. The first-order chi connectivity index (χ1) is 8.99. The summed E-state index contributed by atoms with van der Waals surface area (Å²) in [6.07, 6.45) is 1.34. The second kappa shape index (κ2) is 5.66. The van der Waals surface area contributed by atoms with E-state index >= 15 is 0 Å². The van der Waals surface area contributed by atoms with Crippen molar-refractivity contribution in [3.8, 4) is 0 Å². The lowest BCUT2D eigenvalue weighted by Crippen LogP contribution is -2.42. The molecule has 0 spiro atoms. The molecule has 0 saturated carbocycles. The predicted molar refractivity (Wildman–Crippen MR) is 71.0 cm³/mol. The van der Waals surface area contributed by atoms with Gasteiger partial charge in [-0.25, -0.2) is 4.98 Å². The van der Waals surface area contributed by atoms with Crippen LogP contribution in [0.25, 0.3) is 0 Å². The van der Waals surface area contributed by atoms with Crippen LogP contribution in [-0.2, 0) is 4.79 Å². The standard InChI is InChI=1S/C12H17N3O3S/c1-7(13)10-14-9(6-19-10)11(16)15-4-2-3-8(5-15)12(17)18/h6-8H,2-5,13H2,1H3,(H,17,18)/t7?,8-/m1/s1. The summed E-state index contributed by atoms with van der Waals surface area (Å²) in [5, 5.41) is 11.4. The van der Waals surface area contributed by atoms with E-state index in [-0.39, 0.29) is 18.5 Å². The van der Waals surface area contributed by atoms with Gasteiger partial charge in [0.15, 0.2) is 0 Å². The van der Waals surface area contributed by atoms with Crippen molar-refractivity contribution in [3.63, 3.8) is 0 Å². The van der Waals surface area contributed by atoms with E-state index in [1.54, 1.807) is 10.3 Å². The Hall–Kier alpha value is -1.47. The van der Waals surface area contributed by atoms with Gasteiger partial charge in [0.2, 0.25) is 0 Å². The number of rotatable bonds is 3. The summed E-state index contributed by atoms with van der Waals surface area (Å²) in [7, 11) is 0. The number of nitrogens with two attached hydrogens (primary N) is 1. The maximum atomic E-state index is 12.2. The van der Waals surface area contributed by atoms with E-state index in [0.717, 1.165) is 5.01 Å². The minimum atomic E-state index is -0.841. The molecule has 2 atom stereocenters. The van der Waals surface area contributed by atoms with Crippen LogP contribution in [0, 0.1) is 5.92 Å². The first kappa shape index (κ1) is 14.0. The Bertz CT molecular complexity index is 486. The molecule has 1 fully saturated rings. The number of hydrogen-bond donors (Lipinski definition) is 2. The monoisotopic (exact) mass is 283 g/mol. The highest BCUT2D eigenvalue weighted by molar-refractivity contribution is 7.09. The molecule has 2 heterocycles. The normalized spacial score (nSPS) is 21.2. The average Bonchev–Trinajstić information content (AvgIpc) is 2.87. The Morgan fingerprint density at radius 3 is 2.95 bits per heavy atom. The number of amides is 1. The van der Waals surface area contributed by atoms with Gasteiger partial charge >= 0.3 is 5.97 Å². The number of hydrogen-bond acceptors (Lipinski definition) is 5. The number of carboxylic acid groups (broad SMARTS) is 1. The summed E-state index contributed by atoms with van der Waals surface area (Å²) < 4.78 is 0. The van der Waals surface area contributed by atoms with E-state index in [1.807, 2.05) is 6.92 Å². The minimum Gasteiger partial charge on any atom is -0.481 e. The number of carbonyl (C=O) groups is 2. The zero-order valence-electron chi connectivity index (χ0n) is 10.7. The quantitative estimate of drug-likeness (QED) is 0.866. The maximum absolute atomic E-state index is 12.2. The van der Waals surface area contributed by atoms with Gasteiger partial charge in [-0.05, 0) is 19.8 Å². The van der Waals surface area contributed by atoms with Crippen molar-refractivity contribution in [2.75, 3.05) is 13.1 Å². The first-order valence-corrected chi connectivity index (χ1v) is 7.10. The number of carboxylic acids is 1. The van der Waals surface area contributed by atoms with Gasteiger partial charge in [-0.15, -0.1) is 11.3 Å². The van der Waals surface area contributed by atoms with Crippen LogP contribution in [0.1, 0.15) is 41.3 Å². The van der Waals surface area contributed by atoms with Crippen LogP contribution in [-0.4, -0.2) is 40.0 Å². The summed E-state index contributed by atoms with van der Waals surface area (Å²) in [6.45, 7) is 2.67. The summed E-state index contributed by atoms with van der Waals surface area (Å²) in [4.78, 5) is 29.0. The van der Waals surface area contributed by atoms with Crippen LogP contribution in [0.15, 0.2) is 5.38 Å². The van der Waals surface area contributed by atoms with Gasteiger partial charge in [-0.2, -0.15) is 0 Å². The van der Waals surface area contributed by atoms with E-state index in [2.05, 4.69) is 4.98 Å². The molecule has 3 N–H and O–H groups in total. The molecule has 1 aliphatic heterocycles. The molecule has 7 heteroatoms. The fourth-order valence-electron chi connectivity index (χ4n) is 2.12. The molecule has 0 aromatic carbocycles. The molecule has 0 aliphatic carbocycles. The van der Waals surface area contributed by atoms with Crippen molar-refractivity contribution in [2.45, 2.75) is 25.8 Å². The molecule has 1 saturated heterocycles. The van der Waals surface area contributed by atoms with Crippen LogP contribution in [0.5, 0.6) is 0 Å². The Balaban J connectivity index is 2.08. The smallest absolute Gasteiger partial charge is 0.308 e. The van der Waals surface area contributed by atoms with Gasteiger partial charge in [-0.3, -0.25) is 9.59 Å². The second-order valence-electron chi connectivity index (χ2n) is 4.79. The van der Waals surface area contributed by atoms with E-state index in [4.69, 9.17) is 10.8 Å². The summed E-state index contributed by atoms with van der Waals surface area (Å²) in [5.74, 6) is -1.51. The SMILES string of the molecule is CC(N)c1nc(C(=O)N2CCC[C@@H](C(=O)O)C2)cs1. The molecular weight excluding hydrogens is 266 g/mol. The molecule has 1 aromatic rings. The van der Waals surface area contributed by atoms with E-state index in [0.29, 0.717) is 25.1 Å². The highest BCUT2D eigenvalue weighted by Gasteiger charge is 2.29. The van der Waals surface area contributed by atoms with Gasteiger partial charge in [0, 0.05) is 18.5 Å². The molecule has 2 rings (SSSR count). The van der Waals surface area contributed by atoms with Gasteiger partial charge in [-0.1, -0.05) is 0 Å². The van der Waals surface area contributed by atoms with E-state index < -0.39 is 11.9 Å².